The Morgan fingerprint density at radius 1 is 0.857 bits per heavy atom. The first-order valence-electron chi connectivity index (χ1n) is 13.8. The molecule has 3 heterocycles. The Morgan fingerprint density at radius 3 is 2.48 bits per heavy atom. The van der Waals surface area contributed by atoms with E-state index in [4.69, 9.17) is 4.74 Å². The van der Waals surface area contributed by atoms with Crippen LogP contribution in [0.25, 0.3) is 10.4 Å². The lowest BCUT2D eigenvalue weighted by molar-refractivity contribution is 0.0985. The van der Waals surface area contributed by atoms with Crippen LogP contribution in [0.4, 0.5) is 26.2 Å². The second kappa shape index (κ2) is 12.1. The molecule has 1 fully saturated rings. The number of halogens is 1. The zero-order chi connectivity index (χ0) is 29.1. The van der Waals surface area contributed by atoms with E-state index in [-0.39, 0.29) is 23.5 Å². The maximum absolute atomic E-state index is 14.1. The molecule has 0 unspecified atom stereocenters. The monoisotopic (exact) mass is 584 g/mol. The van der Waals surface area contributed by atoms with Gasteiger partial charge in [-0.15, -0.1) is 11.3 Å². The van der Waals surface area contributed by atoms with Crippen molar-refractivity contribution in [3.8, 4) is 10.4 Å². The van der Waals surface area contributed by atoms with Crippen LogP contribution >= 0.6 is 11.3 Å². The highest BCUT2D eigenvalue weighted by Crippen LogP contribution is 2.42. The smallest absolute Gasteiger partial charge is 0.321 e. The third-order valence-electron chi connectivity index (χ3n) is 7.34. The van der Waals surface area contributed by atoms with E-state index in [1.807, 2.05) is 30.3 Å². The number of rotatable bonds is 4. The van der Waals surface area contributed by atoms with Gasteiger partial charge in [0.2, 0.25) is 0 Å². The van der Waals surface area contributed by atoms with Crippen molar-refractivity contribution in [2.75, 3.05) is 48.4 Å². The van der Waals surface area contributed by atoms with Crippen LogP contribution in [0.15, 0.2) is 78.9 Å². The number of benzene rings is 3. The summed E-state index contributed by atoms with van der Waals surface area (Å²) in [6.45, 7) is 2.77. The number of anilines is 3. The first-order chi connectivity index (χ1) is 20.5. The molecular weight excluding hydrogens is 555 g/mol. The molecule has 0 aliphatic carbocycles. The molecule has 0 atom stereocenters. The third kappa shape index (κ3) is 5.77. The van der Waals surface area contributed by atoms with E-state index in [9.17, 15) is 18.8 Å². The molecule has 42 heavy (non-hydrogen) atoms. The maximum atomic E-state index is 14.1. The molecule has 6 rings (SSSR count). The van der Waals surface area contributed by atoms with E-state index in [0.717, 1.165) is 28.1 Å². The summed E-state index contributed by atoms with van der Waals surface area (Å²) in [5.41, 5.74) is 3.81. The van der Waals surface area contributed by atoms with Crippen molar-refractivity contribution in [1.82, 2.24) is 4.90 Å². The molecule has 214 valence electrons. The van der Waals surface area contributed by atoms with Crippen molar-refractivity contribution in [2.24, 2.45) is 0 Å². The summed E-state index contributed by atoms with van der Waals surface area (Å²) in [4.78, 5) is 44.2. The number of ether oxygens (including phenoxy) is 1. The normalized spacial score (nSPS) is 14.7. The highest BCUT2D eigenvalue weighted by atomic mass is 32.1. The molecule has 3 aromatic carbocycles. The van der Waals surface area contributed by atoms with Gasteiger partial charge in [0, 0.05) is 47.9 Å². The van der Waals surface area contributed by atoms with Crippen LogP contribution in [0.2, 0.25) is 0 Å². The van der Waals surface area contributed by atoms with Gasteiger partial charge in [-0.3, -0.25) is 9.59 Å². The molecule has 1 saturated heterocycles. The molecule has 0 spiro atoms. The molecule has 0 saturated carbocycles. The summed E-state index contributed by atoms with van der Waals surface area (Å²) in [6.07, 6.45) is 1.35. The number of urea groups is 1. The second-order valence-corrected chi connectivity index (χ2v) is 11.1. The summed E-state index contributed by atoms with van der Waals surface area (Å²) in [7, 11) is 0. The number of para-hydroxylation sites is 2. The number of carbonyl (C=O) groups is 3. The number of nitrogens with one attached hydrogen (secondary N) is 2. The zero-order valence-electron chi connectivity index (χ0n) is 22.8. The fraction of sp³-hybridized carbons (Fsp3) is 0.219. The Hall–Kier alpha value is -4.54. The number of hydrogen-bond donors (Lipinski definition) is 2. The van der Waals surface area contributed by atoms with Crippen LogP contribution in [-0.2, 0) is 11.2 Å². The number of thiophene rings is 1. The van der Waals surface area contributed by atoms with Crippen molar-refractivity contribution in [3.05, 3.63) is 101 Å². The molecule has 10 heteroatoms. The minimum atomic E-state index is -0.494. The molecule has 0 radical (unpaired) electrons. The molecule has 1 aromatic heterocycles. The summed E-state index contributed by atoms with van der Waals surface area (Å²) < 4.78 is 19.5. The van der Waals surface area contributed by atoms with E-state index >= 15 is 0 Å². The molecule has 0 bridgehead atoms. The average molecular weight is 585 g/mol. The van der Waals surface area contributed by atoms with Crippen LogP contribution in [0, 0.1) is 5.82 Å². The van der Waals surface area contributed by atoms with E-state index in [0.29, 0.717) is 55.4 Å². The van der Waals surface area contributed by atoms with Gasteiger partial charge in [0.05, 0.1) is 22.9 Å². The number of fused-ring (bicyclic) bond motifs is 3. The lowest BCUT2D eigenvalue weighted by atomic mass is 10.1. The minimum absolute atomic E-state index is 0.130. The fourth-order valence-electron chi connectivity index (χ4n) is 5.17. The summed E-state index contributed by atoms with van der Waals surface area (Å²) in [5.74, 6) is -1.02. The third-order valence-corrected chi connectivity index (χ3v) is 8.55. The largest absolute Gasteiger partial charge is 0.380 e. The number of hydrogen-bond acceptors (Lipinski definition) is 5. The molecule has 2 aliphatic rings. The summed E-state index contributed by atoms with van der Waals surface area (Å²) >= 11 is 1.33. The van der Waals surface area contributed by atoms with Gasteiger partial charge in [-0.25, -0.2) is 9.18 Å². The van der Waals surface area contributed by atoms with Crippen molar-refractivity contribution >= 4 is 46.2 Å². The predicted octanol–water partition coefficient (Wildman–Crippen LogP) is 6.26. The van der Waals surface area contributed by atoms with Crippen LogP contribution in [0.5, 0.6) is 0 Å². The van der Waals surface area contributed by atoms with Gasteiger partial charge >= 0.3 is 6.03 Å². The SMILES string of the molecule is O=C(Nc1ccccc1F)c1cc2c(s1)-c1ccccc1N(C(=O)c1ccc(NC(=O)N3CCCOCC3)cc1)CC2. The van der Waals surface area contributed by atoms with Gasteiger partial charge in [0.25, 0.3) is 11.8 Å². The van der Waals surface area contributed by atoms with E-state index in [1.165, 1.54) is 23.5 Å². The fourth-order valence-corrected chi connectivity index (χ4v) is 6.31. The van der Waals surface area contributed by atoms with Crippen molar-refractivity contribution in [2.45, 2.75) is 12.8 Å². The van der Waals surface area contributed by atoms with Crippen molar-refractivity contribution < 1.29 is 23.5 Å². The number of carbonyl (C=O) groups excluding carboxylic acids is 3. The molecule has 2 aliphatic heterocycles. The van der Waals surface area contributed by atoms with E-state index < -0.39 is 5.82 Å². The molecule has 4 amide bonds. The zero-order valence-corrected chi connectivity index (χ0v) is 23.6. The van der Waals surface area contributed by atoms with Gasteiger partial charge in [-0.05, 0) is 66.9 Å². The topological polar surface area (TPSA) is 91.0 Å². The Labute approximate surface area is 246 Å². The lowest BCUT2D eigenvalue weighted by Gasteiger charge is -2.23. The molecular formula is C32H29FN4O4S. The maximum Gasteiger partial charge on any atom is 0.321 e. The quantitative estimate of drug-likeness (QED) is 0.296. The van der Waals surface area contributed by atoms with Gasteiger partial charge in [0.1, 0.15) is 5.82 Å². The van der Waals surface area contributed by atoms with Gasteiger partial charge < -0.3 is 25.2 Å². The van der Waals surface area contributed by atoms with Crippen LogP contribution < -0.4 is 15.5 Å². The van der Waals surface area contributed by atoms with Gasteiger partial charge in [-0.2, -0.15) is 0 Å². The molecule has 8 nitrogen and oxygen atoms in total. The second-order valence-electron chi connectivity index (χ2n) is 10.1. The molecule has 2 N–H and O–H groups in total. The van der Waals surface area contributed by atoms with E-state index in [2.05, 4.69) is 10.6 Å². The Morgan fingerprint density at radius 2 is 1.64 bits per heavy atom. The summed E-state index contributed by atoms with van der Waals surface area (Å²) in [5, 5.41) is 5.57. The number of nitrogens with zero attached hydrogens (tertiary/aromatic N) is 2. The lowest BCUT2D eigenvalue weighted by Crippen LogP contribution is -2.36. The van der Waals surface area contributed by atoms with Crippen molar-refractivity contribution in [3.63, 3.8) is 0 Å². The summed E-state index contributed by atoms with van der Waals surface area (Å²) in [6, 6.07) is 22.3. The van der Waals surface area contributed by atoms with Gasteiger partial charge in [0.15, 0.2) is 0 Å². The van der Waals surface area contributed by atoms with Crippen molar-refractivity contribution in [1.29, 1.82) is 0 Å². The Bertz CT molecular complexity index is 1630. The minimum Gasteiger partial charge on any atom is -0.380 e. The Kier molecular flexibility index (Phi) is 7.98. The van der Waals surface area contributed by atoms with Crippen LogP contribution in [0.3, 0.4) is 0 Å². The first kappa shape index (κ1) is 27.6. The van der Waals surface area contributed by atoms with Gasteiger partial charge in [-0.1, -0.05) is 30.3 Å². The van der Waals surface area contributed by atoms with Crippen LogP contribution in [-0.4, -0.2) is 55.6 Å². The highest BCUT2D eigenvalue weighted by Gasteiger charge is 2.28. The Balaban J connectivity index is 1.19. The standard InChI is InChI=1S/C32H29FN4O4S/c33-25-7-2-3-8-26(25)35-30(38)28-20-22-14-16-37(27-9-4-1-6-24(27)29(22)42-28)31(39)21-10-12-23(13-11-21)34-32(40)36-15-5-18-41-19-17-36/h1-4,6-13,20H,5,14-19H2,(H,34,40)(H,35,38). The average Bonchev–Trinajstić information content (AvgIpc) is 3.15. The highest BCUT2D eigenvalue weighted by molar-refractivity contribution is 7.17. The van der Waals surface area contributed by atoms with Crippen LogP contribution in [0.1, 0.15) is 32.0 Å². The molecule has 4 aromatic rings. The predicted molar refractivity (Wildman–Crippen MR) is 162 cm³/mol. The van der Waals surface area contributed by atoms with E-state index in [1.54, 1.807) is 46.2 Å². The number of amides is 4. The first-order valence-corrected chi connectivity index (χ1v) is 14.6.